The van der Waals surface area contributed by atoms with Gasteiger partial charge in [-0.15, -0.1) is 0 Å². The van der Waals surface area contributed by atoms with Gasteiger partial charge in [0.1, 0.15) is 0 Å². The van der Waals surface area contributed by atoms with E-state index in [1.807, 2.05) is 36.8 Å². The first-order chi connectivity index (χ1) is 8.74. The van der Waals surface area contributed by atoms with E-state index in [1.165, 1.54) is 11.1 Å². The third kappa shape index (κ3) is 3.93. The van der Waals surface area contributed by atoms with Crippen molar-refractivity contribution in [3.05, 3.63) is 59.7 Å². The SMILES string of the molecule is CC(C)NCc1cncc(Cc2ccccn2)c1. The first kappa shape index (κ1) is 12.7. The van der Waals surface area contributed by atoms with E-state index in [0.717, 1.165) is 18.7 Å². The third-order valence-corrected chi connectivity index (χ3v) is 2.68. The molecule has 0 atom stereocenters. The van der Waals surface area contributed by atoms with Crippen LogP contribution in [0.2, 0.25) is 0 Å². The van der Waals surface area contributed by atoms with Gasteiger partial charge in [0.15, 0.2) is 0 Å². The van der Waals surface area contributed by atoms with Crippen LogP contribution in [0.15, 0.2) is 42.9 Å². The number of hydrogen-bond donors (Lipinski definition) is 1. The molecule has 1 N–H and O–H groups in total. The van der Waals surface area contributed by atoms with Crippen molar-refractivity contribution in [3.8, 4) is 0 Å². The van der Waals surface area contributed by atoms with Crippen molar-refractivity contribution < 1.29 is 0 Å². The number of nitrogens with zero attached hydrogens (tertiary/aromatic N) is 2. The van der Waals surface area contributed by atoms with Crippen LogP contribution in [0, 0.1) is 0 Å². The van der Waals surface area contributed by atoms with Crippen LogP contribution in [0.1, 0.15) is 30.7 Å². The Morgan fingerprint density at radius 2 is 2.00 bits per heavy atom. The maximum atomic E-state index is 4.33. The Kier molecular flexibility index (Phi) is 4.42. The van der Waals surface area contributed by atoms with Crippen LogP contribution < -0.4 is 5.32 Å². The lowest BCUT2D eigenvalue weighted by molar-refractivity contribution is 0.587. The molecule has 0 fully saturated rings. The zero-order valence-corrected chi connectivity index (χ0v) is 10.9. The van der Waals surface area contributed by atoms with Crippen LogP contribution in [0.3, 0.4) is 0 Å². The smallest absolute Gasteiger partial charge is 0.0447 e. The van der Waals surface area contributed by atoms with E-state index in [2.05, 4.69) is 35.2 Å². The van der Waals surface area contributed by atoms with Gasteiger partial charge < -0.3 is 5.32 Å². The number of nitrogens with one attached hydrogen (secondary N) is 1. The molecule has 0 aliphatic rings. The van der Waals surface area contributed by atoms with Crippen LogP contribution in [0.4, 0.5) is 0 Å². The molecule has 0 spiro atoms. The van der Waals surface area contributed by atoms with E-state index < -0.39 is 0 Å². The summed E-state index contributed by atoms with van der Waals surface area (Å²) in [6, 6.07) is 8.67. The lowest BCUT2D eigenvalue weighted by Gasteiger charge is -2.08. The molecule has 2 aromatic rings. The molecule has 18 heavy (non-hydrogen) atoms. The molecule has 2 heterocycles. The van der Waals surface area contributed by atoms with E-state index in [1.54, 1.807) is 0 Å². The van der Waals surface area contributed by atoms with Crippen LogP contribution in [-0.2, 0) is 13.0 Å². The van der Waals surface area contributed by atoms with Crippen molar-refractivity contribution >= 4 is 0 Å². The molecule has 0 amide bonds. The standard InChI is InChI=1S/C15H19N3/c1-12(2)18-11-14-7-13(9-16-10-14)8-15-5-3-4-6-17-15/h3-7,9-10,12,18H,8,11H2,1-2H3. The summed E-state index contributed by atoms with van der Waals surface area (Å²) in [5.41, 5.74) is 3.50. The zero-order valence-electron chi connectivity index (χ0n) is 10.9. The Morgan fingerprint density at radius 3 is 2.72 bits per heavy atom. The molecule has 0 radical (unpaired) electrons. The van der Waals surface area contributed by atoms with E-state index in [0.29, 0.717) is 6.04 Å². The summed E-state index contributed by atoms with van der Waals surface area (Å²) in [6.07, 6.45) is 6.49. The Morgan fingerprint density at radius 1 is 1.17 bits per heavy atom. The minimum atomic E-state index is 0.490. The Hall–Kier alpha value is -1.74. The fraction of sp³-hybridized carbons (Fsp3) is 0.333. The highest BCUT2D eigenvalue weighted by Gasteiger charge is 2.00. The Bertz CT molecular complexity index is 480. The van der Waals surface area contributed by atoms with Crippen molar-refractivity contribution in [3.63, 3.8) is 0 Å². The van der Waals surface area contributed by atoms with Crippen LogP contribution >= 0.6 is 0 Å². The third-order valence-electron chi connectivity index (χ3n) is 2.68. The normalized spacial score (nSPS) is 10.8. The molecule has 0 aliphatic carbocycles. The topological polar surface area (TPSA) is 37.8 Å². The summed E-state index contributed by atoms with van der Waals surface area (Å²) in [7, 11) is 0. The highest BCUT2D eigenvalue weighted by atomic mass is 14.9. The molecular weight excluding hydrogens is 222 g/mol. The lowest BCUT2D eigenvalue weighted by atomic mass is 10.1. The highest BCUT2D eigenvalue weighted by Crippen LogP contribution is 2.08. The van der Waals surface area contributed by atoms with Crippen molar-refractivity contribution in [1.82, 2.24) is 15.3 Å². The van der Waals surface area contributed by atoms with Crippen molar-refractivity contribution in [2.75, 3.05) is 0 Å². The molecule has 3 nitrogen and oxygen atoms in total. The molecule has 3 heteroatoms. The lowest BCUT2D eigenvalue weighted by Crippen LogP contribution is -2.21. The van der Waals surface area contributed by atoms with Crippen LogP contribution in [0.25, 0.3) is 0 Å². The van der Waals surface area contributed by atoms with E-state index in [-0.39, 0.29) is 0 Å². The maximum Gasteiger partial charge on any atom is 0.0447 e. The van der Waals surface area contributed by atoms with Gasteiger partial charge in [-0.2, -0.15) is 0 Å². The second kappa shape index (κ2) is 6.26. The summed E-state index contributed by atoms with van der Waals surface area (Å²) in [5.74, 6) is 0. The molecule has 0 unspecified atom stereocenters. The Balaban J connectivity index is 2.03. The number of aromatic nitrogens is 2. The van der Waals surface area contributed by atoms with E-state index in [9.17, 15) is 0 Å². The maximum absolute atomic E-state index is 4.33. The largest absolute Gasteiger partial charge is 0.310 e. The monoisotopic (exact) mass is 241 g/mol. The molecule has 2 rings (SSSR count). The summed E-state index contributed by atoms with van der Waals surface area (Å²) >= 11 is 0. The van der Waals surface area contributed by atoms with Gasteiger partial charge in [-0.25, -0.2) is 0 Å². The van der Waals surface area contributed by atoms with E-state index >= 15 is 0 Å². The molecule has 0 saturated carbocycles. The fourth-order valence-corrected chi connectivity index (χ4v) is 1.77. The first-order valence-corrected chi connectivity index (χ1v) is 6.30. The van der Waals surface area contributed by atoms with Gasteiger partial charge in [0.05, 0.1) is 0 Å². The minimum absolute atomic E-state index is 0.490. The number of pyridine rings is 2. The molecule has 0 aliphatic heterocycles. The van der Waals surface area contributed by atoms with Crippen molar-refractivity contribution in [1.29, 1.82) is 0 Å². The summed E-state index contributed by atoms with van der Waals surface area (Å²) < 4.78 is 0. The van der Waals surface area contributed by atoms with E-state index in [4.69, 9.17) is 0 Å². The predicted molar refractivity (Wildman–Crippen MR) is 73.3 cm³/mol. The average molecular weight is 241 g/mol. The second-order valence-corrected chi connectivity index (χ2v) is 4.73. The van der Waals surface area contributed by atoms with Crippen LogP contribution in [-0.4, -0.2) is 16.0 Å². The molecule has 0 aromatic carbocycles. The van der Waals surface area contributed by atoms with Gasteiger partial charge in [0.2, 0.25) is 0 Å². The summed E-state index contributed by atoms with van der Waals surface area (Å²) in [4.78, 5) is 8.63. The van der Waals surface area contributed by atoms with Gasteiger partial charge in [-0.1, -0.05) is 26.0 Å². The first-order valence-electron chi connectivity index (χ1n) is 6.30. The minimum Gasteiger partial charge on any atom is -0.310 e. The zero-order chi connectivity index (χ0) is 12.8. The van der Waals surface area contributed by atoms with Gasteiger partial charge in [-0.3, -0.25) is 9.97 Å². The number of hydrogen-bond acceptors (Lipinski definition) is 3. The molecule has 2 aromatic heterocycles. The Labute approximate surface area is 108 Å². The van der Waals surface area contributed by atoms with Gasteiger partial charge in [0, 0.05) is 43.3 Å². The van der Waals surface area contributed by atoms with Gasteiger partial charge in [-0.05, 0) is 23.3 Å². The molecule has 0 bridgehead atoms. The predicted octanol–water partition coefficient (Wildman–Crippen LogP) is 2.57. The summed E-state index contributed by atoms with van der Waals surface area (Å²) in [5, 5.41) is 3.40. The molecule has 0 saturated heterocycles. The number of rotatable bonds is 5. The highest BCUT2D eigenvalue weighted by molar-refractivity contribution is 5.23. The second-order valence-electron chi connectivity index (χ2n) is 4.73. The van der Waals surface area contributed by atoms with Gasteiger partial charge in [0.25, 0.3) is 0 Å². The molecular formula is C15H19N3. The van der Waals surface area contributed by atoms with Gasteiger partial charge >= 0.3 is 0 Å². The quantitative estimate of drug-likeness (QED) is 0.874. The van der Waals surface area contributed by atoms with Crippen LogP contribution in [0.5, 0.6) is 0 Å². The summed E-state index contributed by atoms with van der Waals surface area (Å²) in [6.45, 7) is 5.15. The van der Waals surface area contributed by atoms with Crippen molar-refractivity contribution in [2.45, 2.75) is 32.9 Å². The van der Waals surface area contributed by atoms with Crippen molar-refractivity contribution in [2.24, 2.45) is 0 Å². The molecule has 94 valence electrons. The fourth-order valence-electron chi connectivity index (χ4n) is 1.77. The average Bonchev–Trinajstić information content (AvgIpc) is 2.38.